The highest BCUT2D eigenvalue weighted by Crippen LogP contribution is 2.27. The zero-order valence-corrected chi connectivity index (χ0v) is 8.33. The Labute approximate surface area is 90.2 Å². The lowest BCUT2D eigenvalue weighted by molar-refractivity contribution is -0.0500. The monoisotopic (exact) mass is 226 g/mol. The van der Waals surface area contributed by atoms with Crippen molar-refractivity contribution in [1.82, 2.24) is 0 Å². The van der Waals surface area contributed by atoms with Crippen molar-refractivity contribution < 1.29 is 18.3 Å². The minimum atomic E-state index is -3.08. The Hall–Kier alpha value is -2.16. The van der Waals surface area contributed by atoms with Gasteiger partial charge in [0.25, 0.3) is 0 Å². The molecule has 0 aliphatic carbocycles. The number of nitrogens with two attached hydrogens (primary N) is 1. The summed E-state index contributed by atoms with van der Waals surface area (Å²) in [4.78, 5) is 11.1. The molecule has 0 unspecified atom stereocenters. The second-order valence-electron chi connectivity index (χ2n) is 2.99. The number of alkyl halides is 2. The molecule has 0 aromatic heterocycles. The van der Waals surface area contributed by atoms with Crippen molar-refractivity contribution in [3.05, 3.63) is 23.3 Å². The second-order valence-corrected chi connectivity index (χ2v) is 2.99. The number of carbonyl (C=O) groups is 1. The molecule has 16 heavy (non-hydrogen) atoms. The Morgan fingerprint density at radius 3 is 2.62 bits per heavy atom. The third kappa shape index (κ3) is 2.45. The summed E-state index contributed by atoms with van der Waals surface area (Å²) in [5.41, 5.74) is 5.30. The molecule has 1 aromatic rings. The van der Waals surface area contributed by atoms with Gasteiger partial charge < -0.3 is 10.5 Å². The molecule has 0 bridgehead atoms. The second kappa shape index (κ2) is 4.57. The molecule has 0 fully saturated rings. The zero-order valence-electron chi connectivity index (χ0n) is 8.33. The summed E-state index contributed by atoms with van der Waals surface area (Å²) in [6.07, 6.45) is 0. The normalized spacial score (nSPS) is 9.94. The number of halogens is 2. The fourth-order valence-corrected chi connectivity index (χ4v) is 1.15. The minimum absolute atomic E-state index is 0.0640. The molecule has 0 amide bonds. The largest absolute Gasteiger partial charge is 0.433 e. The van der Waals surface area contributed by atoms with E-state index in [2.05, 4.69) is 4.74 Å². The highest BCUT2D eigenvalue weighted by molar-refractivity contribution is 5.96. The van der Waals surface area contributed by atoms with Crippen molar-refractivity contribution in [3.63, 3.8) is 0 Å². The predicted octanol–water partition coefficient (Wildman–Crippen LogP) is 1.94. The van der Waals surface area contributed by atoms with Gasteiger partial charge in [0.05, 0.1) is 5.69 Å². The van der Waals surface area contributed by atoms with Gasteiger partial charge in [0.2, 0.25) is 0 Å². The number of carbonyl (C=O) groups excluding carboxylic acids is 1. The van der Waals surface area contributed by atoms with Gasteiger partial charge in [-0.25, -0.2) is 0 Å². The van der Waals surface area contributed by atoms with Crippen LogP contribution in [0.5, 0.6) is 5.75 Å². The molecular formula is C10H8F2N2O2. The average molecular weight is 226 g/mol. The maximum absolute atomic E-state index is 12.0. The van der Waals surface area contributed by atoms with Crippen LogP contribution in [0.1, 0.15) is 22.8 Å². The first kappa shape index (κ1) is 11.9. The van der Waals surface area contributed by atoms with E-state index in [0.29, 0.717) is 0 Å². The zero-order chi connectivity index (χ0) is 12.3. The number of rotatable bonds is 3. The topological polar surface area (TPSA) is 76.1 Å². The summed E-state index contributed by atoms with van der Waals surface area (Å²) in [5, 5.41) is 8.70. The lowest BCUT2D eigenvalue weighted by Crippen LogP contribution is -2.07. The summed E-state index contributed by atoms with van der Waals surface area (Å²) in [7, 11) is 0. The molecule has 84 valence electrons. The predicted molar refractivity (Wildman–Crippen MR) is 52.2 cm³/mol. The molecule has 6 heteroatoms. The minimum Gasteiger partial charge on any atom is -0.433 e. The number of hydrogen-bond donors (Lipinski definition) is 1. The molecule has 1 rings (SSSR count). The Kier molecular flexibility index (Phi) is 3.40. The van der Waals surface area contributed by atoms with Crippen LogP contribution in [-0.4, -0.2) is 12.4 Å². The van der Waals surface area contributed by atoms with Gasteiger partial charge in [0, 0.05) is 5.56 Å². The molecule has 1 aromatic carbocycles. The summed E-state index contributed by atoms with van der Waals surface area (Å²) in [5.74, 6) is -0.738. The molecule has 0 aliphatic heterocycles. The number of anilines is 1. The van der Waals surface area contributed by atoms with Crippen LogP contribution in [0, 0.1) is 11.3 Å². The van der Waals surface area contributed by atoms with Gasteiger partial charge in [-0.15, -0.1) is 0 Å². The lowest BCUT2D eigenvalue weighted by Gasteiger charge is -2.09. The van der Waals surface area contributed by atoms with Crippen LogP contribution in [0.2, 0.25) is 0 Å². The number of ketones is 1. The molecule has 0 radical (unpaired) electrons. The quantitative estimate of drug-likeness (QED) is 0.631. The smallest absolute Gasteiger partial charge is 0.387 e. The number of nitrogen functional groups attached to an aromatic ring is 1. The van der Waals surface area contributed by atoms with Crippen molar-refractivity contribution in [2.75, 3.05) is 5.73 Å². The molecule has 0 saturated heterocycles. The number of nitriles is 1. The molecule has 0 spiro atoms. The van der Waals surface area contributed by atoms with Crippen LogP contribution in [0.25, 0.3) is 0 Å². The van der Waals surface area contributed by atoms with Crippen LogP contribution in [0.3, 0.4) is 0 Å². The highest BCUT2D eigenvalue weighted by atomic mass is 19.3. The van der Waals surface area contributed by atoms with Gasteiger partial charge in [-0.2, -0.15) is 14.0 Å². The first-order valence-corrected chi connectivity index (χ1v) is 4.25. The van der Waals surface area contributed by atoms with E-state index in [1.54, 1.807) is 6.07 Å². The van der Waals surface area contributed by atoms with Crippen LogP contribution in [-0.2, 0) is 0 Å². The van der Waals surface area contributed by atoms with E-state index in [1.807, 2.05) is 0 Å². The summed E-state index contributed by atoms with van der Waals surface area (Å²) >= 11 is 0. The van der Waals surface area contributed by atoms with E-state index in [4.69, 9.17) is 11.0 Å². The molecule has 0 saturated carbocycles. The van der Waals surface area contributed by atoms with Crippen molar-refractivity contribution in [2.24, 2.45) is 0 Å². The van der Waals surface area contributed by atoms with Gasteiger partial charge in [0.15, 0.2) is 5.78 Å². The van der Waals surface area contributed by atoms with E-state index in [9.17, 15) is 13.6 Å². The Morgan fingerprint density at radius 2 is 2.19 bits per heavy atom. The number of benzene rings is 1. The van der Waals surface area contributed by atoms with Crippen molar-refractivity contribution in [3.8, 4) is 11.8 Å². The first-order valence-electron chi connectivity index (χ1n) is 4.25. The maximum Gasteiger partial charge on any atom is 0.387 e. The molecule has 0 aliphatic rings. The Balaban J connectivity index is 3.32. The fourth-order valence-electron chi connectivity index (χ4n) is 1.15. The van der Waals surface area contributed by atoms with Gasteiger partial charge >= 0.3 is 6.61 Å². The number of hydrogen-bond acceptors (Lipinski definition) is 4. The molecular weight excluding hydrogens is 218 g/mol. The van der Waals surface area contributed by atoms with Crippen molar-refractivity contribution >= 4 is 11.5 Å². The van der Waals surface area contributed by atoms with Crippen LogP contribution < -0.4 is 10.5 Å². The van der Waals surface area contributed by atoms with E-state index in [-0.39, 0.29) is 28.3 Å². The van der Waals surface area contributed by atoms with Gasteiger partial charge in [-0.3, -0.25) is 4.79 Å². The number of nitrogens with zero attached hydrogens (tertiary/aromatic N) is 1. The lowest BCUT2D eigenvalue weighted by atomic mass is 10.1. The summed E-state index contributed by atoms with van der Waals surface area (Å²) in [6, 6.07) is 3.96. The molecule has 2 N–H and O–H groups in total. The van der Waals surface area contributed by atoms with E-state index in [1.165, 1.54) is 13.0 Å². The maximum atomic E-state index is 12.0. The van der Waals surface area contributed by atoms with Crippen molar-refractivity contribution in [2.45, 2.75) is 13.5 Å². The third-order valence-corrected chi connectivity index (χ3v) is 1.87. The Morgan fingerprint density at radius 1 is 1.56 bits per heavy atom. The highest BCUT2D eigenvalue weighted by Gasteiger charge is 2.15. The first-order chi connectivity index (χ1) is 7.45. The van der Waals surface area contributed by atoms with Gasteiger partial charge in [-0.05, 0) is 19.1 Å². The van der Waals surface area contributed by atoms with E-state index < -0.39 is 6.61 Å². The van der Waals surface area contributed by atoms with Crippen LogP contribution >= 0.6 is 0 Å². The fraction of sp³-hybridized carbons (Fsp3) is 0.200. The molecule has 0 atom stereocenters. The molecule has 4 nitrogen and oxygen atoms in total. The standard InChI is InChI=1S/C10H8F2N2O2/c1-5(15)6-2-8(14)7(4-13)9(3-6)16-10(11)12/h2-3,10H,14H2,1H3. The van der Waals surface area contributed by atoms with Crippen LogP contribution in [0.4, 0.5) is 14.5 Å². The Bertz CT molecular complexity index is 467. The number of Topliss-reactive ketones (excluding diaryl/α,β-unsaturated/α-hetero) is 1. The third-order valence-electron chi connectivity index (χ3n) is 1.87. The van der Waals surface area contributed by atoms with Gasteiger partial charge in [-0.1, -0.05) is 0 Å². The van der Waals surface area contributed by atoms with Crippen LogP contribution in [0.15, 0.2) is 12.1 Å². The number of ether oxygens (including phenoxy) is 1. The van der Waals surface area contributed by atoms with Crippen molar-refractivity contribution in [1.29, 1.82) is 5.26 Å². The SMILES string of the molecule is CC(=O)c1cc(N)c(C#N)c(OC(F)F)c1. The van der Waals surface area contributed by atoms with E-state index >= 15 is 0 Å². The summed E-state index contributed by atoms with van der Waals surface area (Å²) < 4.78 is 28.2. The average Bonchev–Trinajstić information content (AvgIpc) is 2.16. The molecule has 0 heterocycles. The van der Waals surface area contributed by atoms with Gasteiger partial charge in [0.1, 0.15) is 17.4 Å². The van der Waals surface area contributed by atoms with E-state index in [0.717, 1.165) is 6.07 Å². The summed E-state index contributed by atoms with van der Waals surface area (Å²) in [6.45, 7) is -1.82.